The van der Waals surface area contributed by atoms with E-state index < -0.39 is 0 Å². The van der Waals surface area contributed by atoms with Crippen LogP contribution in [0.3, 0.4) is 0 Å². The normalized spacial score (nSPS) is 10.5. The first-order valence-corrected chi connectivity index (χ1v) is 9.68. The van der Waals surface area contributed by atoms with Crippen molar-refractivity contribution in [3.05, 3.63) is 83.3 Å². The number of para-hydroxylation sites is 1. The van der Waals surface area contributed by atoms with E-state index in [1.807, 2.05) is 30.3 Å². The number of aryl methyl sites for hydroxylation is 3. The summed E-state index contributed by atoms with van der Waals surface area (Å²) >= 11 is 0. The second-order valence-corrected chi connectivity index (χ2v) is 6.67. The van der Waals surface area contributed by atoms with E-state index in [9.17, 15) is 4.79 Å². The van der Waals surface area contributed by atoms with Crippen LogP contribution in [0.4, 0.5) is 11.5 Å². The van der Waals surface area contributed by atoms with Gasteiger partial charge in [-0.3, -0.25) is 4.79 Å². The topological polar surface area (TPSA) is 66.9 Å². The summed E-state index contributed by atoms with van der Waals surface area (Å²) in [6.45, 7) is 4.65. The third-order valence-electron chi connectivity index (χ3n) is 4.51. The Balaban J connectivity index is 1.61. The SMILES string of the molecule is CCc1ccccc1NC(=O)c1cc(NCCCc2ccccc2)nc(C)n1. The van der Waals surface area contributed by atoms with E-state index in [1.54, 1.807) is 13.0 Å². The van der Waals surface area contributed by atoms with Crippen LogP contribution >= 0.6 is 0 Å². The highest BCUT2D eigenvalue weighted by Gasteiger charge is 2.12. The summed E-state index contributed by atoms with van der Waals surface area (Å²) < 4.78 is 0. The highest BCUT2D eigenvalue weighted by molar-refractivity contribution is 6.03. The van der Waals surface area contributed by atoms with E-state index >= 15 is 0 Å². The molecule has 3 aromatic rings. The molecule has 0 radical (unpaired) electrons. The van der Waals surface area contributed by atoms with Crippen molar-refractivity contribution >= 4 is 17.4 Å². The number of nitrogens with one attached hydrogen (secondary N) is 2. The smallest absolute Gasteiger partial charge is 0.274 e. The molecule has 0 unspecified atom stereocenters. The van der Waals surface area contributed by atoms with Crippen molar-refractivity contribution in [2.24, 2.45) is 0 Å². The van der Waals surface area contributed by atoms with Gasteiger partial charge in [-0.05, 0) is 43.4 Å². The van der Waals surface area contributed by atoms with Crippen LogP contribution in [0.2, 0.25) is 0 Å². The van der Waals surface area contributed by atoms with E-state index in [-0.39, 0.29) is 5.91 Å². The van der Waals surface area contributed by atoms with Crippen LogP contribution < -0.4 is 10.6 Å². The number of benzene rings is 2. The second-order valence-electron chi connectivity index (χ2n) is 6.67. The molecule has 0 aliphatic rings. The van der Waals surface area contributed by atoms with Crippen LogP contribution in [0.25, 0.3) is 0 Å². The fraction of sp³-hybridized carbons (Fsp3) is 0.261. The maximum absolute atomic E-state index is 12.7. The number of nitrogens with zero attached hydrogens (tertiary/aromatic N) is 2. The van der Waals surface area contributed by atoms with E-state index in [4.69, 9.17) is 0 Å². The lowest BCUT2D eigenvalue weighted by Crippen LogP contribution is -2.17. The van der Waals surface area contributed by atoms with E-state index in [0.717, 1.165) is 37.1 Å². The van der Waals surface area contributed by atoms with E-state index in [0.29, 0.717) is 17.3 Å². The van der Waals surface area contributed by atoms with Crippen molar-refractivity contribution in [1.82, 2.24) is 9.97 Å². The molecule has 144 valence electrons. The third-order valence-corrected chi connectivity index (χ3v) is 4.51. The van der Waals surface area contributed by atoms with Crippen molar-refractivity contribution in [1.29, 1.82) is 0 Å². The molecule has 2 N–H and O–H groups in total. The first-order valence-electron chi connectivity index (χ1n) is 9.68. The Morgan fingerprint density at radius 2 is 1.75 bits per heavy atom. The van der Waals surface area contributed by atoms with Gasteiger partial charge in [0.15, 0.2) is 0 Å². The number of hydrogen-bond acceptors (Lipinski definition) is 4. The lowest BCUT2D eigenvalue weighted by Gasteiger charge is -2.11. The quantitative estimate of drug-likeness (QED) is 0.564. The number of carbonyl (C=O) groups excluding carboxylic acids is 1. The van der Waals surface area contributed by atoms with Crippen LogP contribution in [0.1, 0.15) is 40.8 Å². The van der Waals surface area contributed by atoms with Crippen molar-refractivity contribution in [2.45, 2.75) is 33.1 Å². The average Bonchev–Trinajstić information content (AvgIpc) is 2.72. The van der Waals surface area contributed by atoms with Crippen LogP contribution in [-0.4, -0.2) is 22.4 Å². The fourth-order valence-electron chi connectivity index (χ4n) is 3.07. The highest BCUT2D eigenvalue weighted by Crippen LogP contribution is 2.17. The van der Waals surface area contributed by atoms with Crippen molar-refractivity contribution in [3.63, 3.8) is 0 Å². The van der Waals surface area contributed by atoms with Gasteiger partial charge in [-0.25, -0.2) is 9.97 Å². The Bertz CT molecular complexity index is 925. The molecule has 0 aliphatic carbocycles. The van der Waals surface area contributed by atoms with Crippen molar-refractivity contribution < 1.29 is 4.79 Å². The molecular weight excluding hydrogens is 348 g/mol. The Morgan fingerprint density at radius 3 is 2.54 bits per heavy atom. The first kappa shape index (κ1) is 19.5. The summed E-state index contributed by atoms with van der Waals surface area (Å²) in [5.74, 6) is 1.02. The van der Waals surface area contributed by atoms with Gasteiger partial charge in [-0.15, -0.1) is 0 Å². The second kappa shape index (κ2) is 9.65. The Labute approximate surface area is 166 Å². The van der Waals surface area contributed by atoms with Gasteiger partial charge in [0, 0.05) is 18.3 Å². The summed E-state index contributed by atoms with van der Waals surface area (Å²) in [5.41, 5.74) is 3.60. The highest BCUT2D eigenvalue weighted by atomic mass is 16.1. The Morgan fingerprint density at radius 1 is 1.00 bits per heavy atom. The number of aromatic nitrogens is 2. The van der Waals surface area contributed by atoms with Gasteiger partial charge in [0.05, 0.1) is 0 Å². The predicted molar refractivity (Wildman–Crippen MR) is 114 cm³/mol. The molecule has 3 rings (SSSR count). The number of hydrogen-bond donors (Lipinski definition) is 2. The zero-order chi connectivity index (χ0) is 19.8. The van der Waals surface area contributed by atoms with Crippen LogP contribution in [0.15, 0.2) is 60.7 Å². The van der Waals surface area contributed by atoms with Crippen LogP contribution in [0, 0.1) is 6.92 Å². The lowest BCUT2D eigenvalue weighted by molar-refractivity contribution is 0.102. The van der Waals surface area contributed by atoms with Crippen molar-refractivity contribution in [3.8, 4) is 0 Å². The summed E-state index contributed by atoms with van der Waals surface area (Å²) in [7, 11) is 0. The van der Waals surface area contributed by atoms with Gasteiger partial charge in [0.2, 0.25) is 0 Å². The lowest BCUT2D eigenvalue weighted by atomic mass is 10.1. The molecular formula is C23H26N4O. The molecule has 1 amide bonds. The summed E-state index contributed by atoms with van der Waals surface area (Å²) in [6, 6.07) is 19.9. The predicted octanol–water partition coefficient (Wildman–Crippen LogP) is 4.64. The number of amides is 1. The molecule has 0 bridgehead atoms. The molecule has 1 heterocycles. The van der Waals surface area contributed by atoms with Crippen molar-refractivity contribution in [2.75, 3.05) is 17.2 Å². The van der Waals surface area contributed by atoms with Gasteiger partial charge in [0.1, 0.15) is 17.3 Å². The molecule has 5 nitrogen and oxygen atoms in total. The number of anilines is 2. The minimum Gasteiger partial charge on any atom is -0.370 e. The average molecular weight is 374 g/mol. The van der Waals surface area contributed by atoms with Crippen LogP contribution in [-0.2, 0) is 12.8 Å². The molecule has 0 saturated heterocycles. The molecule has 0 saturated carbocycles. The molecule has 2 aromatic carbocycles. The maximum Gasteiger partial charge on any atom is 0.274 e. The minimum atomic E-state index is -0.223. The van der Waals surface area contributed by atoms with Gasteiger partial charge >= 0.3 is 0 Å². The van der Waals surface area contributed by atoms with E-state index in [1.165, 1.54) is 5.56 Å². The Kier molecular flexibility index (Phi) is 6.73. The third kappa shape index (κ3) is 5.39. The number of carbonyl (C=O) groups is 1. The number of rotatable bonds is 8. The van der Waals surface area contributed by atoms with Gasteiger partial charge in [0.25, 0.3) is 5.91 Å². The van der Waals surface area contributed by atoms with E-state index in [2.05, 4.69) is 51.8 Å². The molecule has 0 fully saturated rings. The molecule has 0 spiro atoms. The zero-order valence-corrected chi connectivity index (χ0v) is 16.4. The van der Waals surface area contributed by atoms with Gasteiger partial charge in [-0.2, -0.15) is 0 Å². The van der Waals surface area contributed by atoms with Crippen LogP contribution in [0.5, 0.6) is 0 Å². The fourth-order valence-corrected chi connectivity index (χ4v) is 3.07. The summed E-state index contributed by atoms with van der Waals surface area (Å²) in [6.07, 6.45) is 2.84. The Hall–Kier alpha value is -3.21. The summed E-state index contributed by atoms with van der Waals surface area (Å²) in [4.78, 5) is 21.4. The van der Waals surface area contributed by atoms with Gasteiger partial charge in [-0.1, -0.05) is 55.5 Å². The monoisotopic (exact) mass is 374 g/mol. The standard InChI is InChI=1S/C23H26N4O/c1-3-19-13-7-8-14-20(19)27-23(28)21-16-22(26-17(2)25-21)24-15-9-12-18-10-5-4-6-11-18/h4-8,10-11,13-14,16H,3,9,12,15H2,1-2H3,(H,27,28)(H,24,25,26). The summed E-state index contributed by atoms with van der Waals surface area (Å²) in [5, 5.41) is 6.27. The molecule has 0 atom stereocenters. The largest absolute Gasteiger partial charge is 0.370 e. The maximum atomic E-state index is 12.7. The molecule has 0 aliphatic heterocycles. The molecule has 28 heavy (non-hydrogen) atoms. The minimum absolute atomic E-state index is 0.223. The first-order chi connectivity index (χ1) is 13.7. The van der Waals surface area contributed by atoms with Gasteiger partial charge < -0.3 is 10.6 Å². The molecule has 1 aromatic heterocycles. The zero-order valence-electron chi connectivity index (χ0n) is 16.4. The molecule has 5 heteroatoms.